The number of hydrogen-bond donors (Lipinski definition) is 1. The first-order valence-electron chi connectivity index (χ1n) is 6.86. The fourth-order valence-corrected chi connectivity index (χ4v) is 2.77. The minimum atomic E-state index is 0.243. The highest BCUT2D eigenvalue weighted by Crippen LogP contribution is 2.39. The second-order valence-corrected chi connectivity index (χ2v) is 6.62. The smallest absolute Gasteiger partial charge is 0.223 e. The number of hydrogen-bond acceptors (Lipinski definition) is 2. The molecule has 17 heavy (non-hydrogen) atoms. The molecule has 0 radical (unpaired) electrons. The van der Waals surface area contributed by atoms with Gasteiger partial charge in [0.25, 0.3) is 0 Å². The molecule has 0 aromatic rings. The van der Waals surface area contributed by atoms with Crippen LogP contribution in [0.15, 0.2) is 0 Å². The van der Waals surface area contributed by atoms with Gasteiger partial charge in [0.2, 0.25) is 5.91 Å². The van der Waals surface area contributed by atoms with Gasteiger partial charge in [-0.25, -0.2) is 0 Å². The Bertz CT molecular complexity index is 270. The maximum Gasteiger partial charge on any atom is 0.223 e. The molecule has 1 saturated heterocycles. The van der Waals surface area contributed by atoms with Gasteiger partial charge in [-0.05, 0) is 37.0 Å². The van der Waals surface area contributed by atoms with Crippen molar-refractivity contribution in [2.24, 2.45) is 17.3 Å². The van der Waals surface area contributed by atoms with E-state index in [1.807, 2.05) is 0 Å². The lowest BCUT2D eigenvalue weighted by Crippen LogP contribution is -2.36. The molecule has 2 aliphatic rings. The molecule has 0 aromatic carbocycles. The lowest BCUT2D eigenvalue weighted by atomic mass is 9.69. The van der Waals surface area contributed by atoms with Gasteiger partial charge >= 0.3 is 0 Å². The first-order valence-corrected chi connectivity index (χ1v) is 6.86. The third-order valence-corrected chi connectivity index (χ3v) is 4.23. The zero-order chi connectivity index (χ0) is 12.5. The molecule has 0 bridgehead atoms. The lowest BCUT2D eigenvalue weighted by Gasteiger charge is -2.36. The Labute approximate surface area is 104 Å². The Morgan fingerprint density at radius 3 is 2.29 bits per heavy atom. The molecule has 0 unspecified atom stereocenters. The molecular formula is C14H25NO2. The second-order valence-electron chi connectivity index (χ2n) is 6.62. The maximum absolute atomic E-state index is 11.9. The molecule has 2 rings (SSSR count). The highest BCUT2D eigenvalue weighted by molar-refractivity contribution is 5.78. The molecule has 3 nitrogen and oxygen atoms in total. The Kier molecular flexibility index (Phi) is 3.76. The number of epoxide rings is 1. The Balaban J connectivity index is 1.72. The van der Waals surface area contributed by atoms with E-state index in [9.17, 15) is 4.79 Å². The van der Waals surface area contributed by atoms with Gasteiger partial charge in [-0.15, -0.1) is 0 Å². The van der Waals surface area contributed by atoms with Crippen LogP contribution < -0.4 is 5.32 Å². The Morgan fingerprint density at radius 2 is 1.82 bits per heavy atom. The normalized spacial score (nSPS) is 33.2. The summed E-state index contributed by atoms with van der Waals surface area (Å²) in [4.78, 5) is 11.9. The van der Waals surface area contributed by atoms with Crippen LogP contribution in [-0.2, 0) is 9.53 Å². The summed E-state index contributed by atoms with van der Waals surface area (Å²) in [6.07, 6.45) is 4.80. The van der Waals surface area contributed by atoms with Gasteiger partial charge in [0.15, 0.2) is 0 Å². The number of carbonyl (C=O) groups excluding carboxylic acids is 1. The standard InChI is InChI=1S/C14H25NO2/c1-14(2,3)11-6-4-10(5-7-11)13(16)15-8-12-9-17-12/h10-12H,4-9H2,1-3H3,(H,15,16)/t10?,11?,12-/m0/s1. The summed E-state index contributed by atoms with van der Waals surface area (Å²) in [6, 6.07) is 0. The largest absolute Gasteiger partial charge is 0.371 e. The summed E-state index contributed by atoms with van der Waals surface area (Å²) in [5.74, 6) is 1.26. The van der Waals surface area contributed by atoms with Crippen molar-refractivity contribution in [3.63, 3.8) is 0 Å². The van der Waals surface area contributed by atoms with Crippen LogP contribution in [0.1, 0.15) is 46.5 Å². The second kappa shape index (κ2) is 4.97. The van der Waals surface area contributed by atoms with E-state index in [0.717, 1.165) is 25.4 Å². The lowest BCUT2D eigenvalue weighted by molar-refractivity contribution is -0.126. The van der Waals surface area contributed by atoms with Crippen molar-refractivity contribution < 1.29 is 9.53 Å². The highest BCUT2D eigenvalue weighted by atomic mass is 16.6. The van der Waals surface area contributed by atoms with Crippen LogP contribution in [0.4, 0.5) is 0 Å². The van der Waals surface area contributed by atoms with E-state index in [2.05, 4.69) is 26.1 Å². The van der Waals surface area contributed by atoms with Crippen LogP contribution in [0.3, 0.4) is 0 Å². The fraction of sp³-hybridized carbons (Fsp3) is 0.929. The SMILES string of the molecule is CC(C)(C)C1CCC(C(=O)NC[C@H]2CO2)CC1. The molecule has 2 fully saturated rings. The van der Waals surface area contributed by atoms with Crippen LogP contribution in [0.25, 0.3) is 0 Å². The number of ether oxygens (including phenoxy) is 1. The molecule has 1 aliphatic carbocycles. The number of carbonyl (C=O) groups is 1. The minimum Gasteiger partial charge on any atom is -0.371 e. The van der Waals surface area contributed by atoms with E-state index in [4.69, 9.17) is 4.74 Å². The number of amides is 1. The minimum absolute atomic E-state index is 0.243. The van der Waals surface area contributed by atoms with Crippen LogP contribution in [0.5, 0.6) is 0 Å². The summed E-state index contributed by atoms with van der Waals surface area (Å²) in [5, 5.41) is 3.00. The molecule has 1 N–H and O–H groups in total. The number of nitrogens with one attached hydrogen (secondary N) is 1. The predicted octanol–water partition coefficient (Wildman–Crippen LogP) is 2.35. The number of rotatable bonds is 3. The van der Waals surface area contributed by atoms with Crippen LogP contribution in [0.2, 0.25) is 0 Å². The summed E-state index contributed by atoms with van der Waals surface area (Å²) < 4.78 is 5.09. The van der Waals surface area contributed by atoms with Gasteiger partial charge in [-0.3, -0.25) is 4.79 Å². The summed E-state index contributed by atoms with van der Waals surface area (Å²) >= 11 is 0. The maximum atomic E-state index is 11.9. The quantitative estimate of drug-likeness (QED) is 0.768. The average molecular weight is 239 g/mol. The molecular weight excluding hydrogens is 214 g/mol. The van der Waals surface area contributed by atoms with Crippen molar-refractivity contribution in [2.45, 2.75) is 52.6 Å². The highest BCUT2D eigenvalue weighted by Gasteiger charge is 2.32. The monoisotopic (exact) mass is 239 g/mol. The Hall–Kier alpha value is -0.570. The summed E-state index contributed by atoms with van der Waals surface area (Å²) in [7, 11) is 0. The van der Waals surface area contributed by atoms with Crippen molar-refractivity contribution in [3.05, 3.63) is 0 Å². The van der Waals surface area contributed by atoms with Crippen molar-refractivity contribution in [1.82, 2.24) is 5.32 Å². The molecule has 1 heterocycles. The van der Waals surface area contributed by atoms with Gasteiger partial charge < -0.3 is 10.1 Å². The average Bonchev–Trinajstić information content (AvgIpc) is 3.09. The van der Waals surface area contributed by atoms with Gasteiger partial charge in [-0.1, -0.05) is 20.8 Å². The molecule has 3 heteroatoms. The van der Waals surface area contributed by atoms with E-state index < -0.39 is 0 Å². The van der Waals surface area contributed by atoms with Crippen molar-refractivity contribution in [3.8, 4) is 0 Å². The van der Waals surface area contributed by atoms with Gasteiger partial charge in [0, 0.05) is 12.5 Å². The molecule has 1 saturated carbocycles. The molecule has 1 amide bonds. The topological polar surface area (TPSA) is 41.6 Å². The van der Waals surface area contributed by atoms with E-state index in [0.29, 0.717) is 18.1 Å². The molecule has 0 spiro atoms. The van der Waals surface area contributed by atoms with Crippen molar-refractivity contribution in [2.75, 3.05) is 13.2 Å². The first-order chi connectivity index (χ1) is 7.97. The molecule has 1 atom stereocenters. The summed E-state index contributed by atoms with van der Waals surface area (Å²) in [6.45, 7) is 8.45. The zero-order valence-corrected chi connectivity index (χ0v) is 11.3. The van der Waals surface area contributed by atoms with Gasteiger partial charge in [-0.2, -0.15) is 0 Å². The van der Waals surface area contributed by atoms with E-state index in [1.165, 1.54) is 12.8 Å². The van der Waals surface area contributed by atoms with Gasteiger partial charge in [0.1, 0.15) is 0 Å². The molecule has 98 valence electrons. The van der Waals surface area contributed by atoms with Crippen LogP contribution >= 0.6 is 0 Å². The van der Waals surface area contributed by atoms with E-state index >= 15 is 0 Å². The van der Waals surface area contributed by atoms with Gasteiger partial charge in [0.05, 0.1) is 12.7 Å². The van der Waals surface area contributed by atoms with Crippen LogP contribution in [0, 0.1) is 17.3 Å². The third kappa shape index (κ3) is 3.70. The predicted molar refractivity (Wildman–Crippen MR) is 67.7 cm³/mol. The zero-order valence-electron chi connectivity index (χ0n) is 11.3. The fourth-order valence-electron chi connectivity index (χ4n) is 2.77. The van der Waals surface area contributed by atoms with E-state index in [-0.39, 0.29) is 11.8 Å². The van der Waals surface area contributed by atoms with E-state index in [1.54, 1.807) is 0 Å². The Morgan fingerprint density at radius 1 is 1.24 bits per heavy atom. The summed E-state index contributed by atoms with van der Waals surface area (Å²) in [5.41, 5.74) is 0.392. The van der Waals surface area contributed by atoms with Crippen molar-refractivity contribution in [1.29, 1.82) is 0 Å². The van der Waals surface area contributed by atoms with Crippen LogP contribution in [-0.4, -0.2) is 25.2 Å². The van der Waals surface area contributed by atoms with Crippen molar-refractivity contribution >= 4 is 5.91 Å². The molecule has 0 aromatic heterocycles. The first kappa shape index (κ1) is 12.9. The third-order valence-electron chi connectivity index (χ3n) is 4.23. The molecule has 1 aliphatic heterocycles.